The van der Waals surface area contributed by atoms with Crippen LogP contribution < -0.4 is 5.73 Å². The smallest absolute Gasteiger partial charge is 0.305 e. The van der Waals surface area contributed by atoms with E-state index in [2.05, 4.69) is 20.7 Å². The Labute approximate surface area is 119 Å². The summed E-state index contributed by atoms with van der Waals surface area (Å²) in [7, 11) is 1.33. The maximum atomic E-state index is 13.7. The maximum Gasteiger partial charge on any atom is 0.305 e. The molecule has 0 aliphatic rings. The maximum absolute atomic E-state index is 13.7. The van der Waals surface area contributed by atoms with Gasteiger partial charge in [0.05, 0.1) is 12.1 Å². The molecule has 0 fully saturated rings. The van der Waals surface area contributed by atoms with Gasteiger partial charge in [-0.2, -0.15) is 0 Å². The molecule has 3 nitrogen and oxygen atoms in total. The first kappa shape index (κ1) is 15.4. The number of carbonyl (C=O) groups is 1. The molecule has 0 heterocycles. The standard InChI is InChI=1S/C12H14BrClFNO2/c1-18-12(17)4-2-3-11(16)7-5-9(14)8(13)6-10(7)15/h5-6,11H,2-4,16H2,1H3. The first-order valence-electron chi connectivity index (χ1n) is 5.42. The summed E-state index contributed by atoms with van der Waals surface area (Å²) in [6.45, 7) is 0. The molecule has 1 aromatic carbocycles. The predicted octanol–water partition coefficient (Wildman–Crippen LogP) is 3.58. The lowest BCUT2D eigenvalue weighted by molar-refractivity contribution is -0.140. The summed E-state index contributed by atoms with van der Waals surface area (Å²) in [5.41, 5.74) is 6.23. The van der Waals surface area contributed by atoms with E-state index < -0.39 is 11.9 Å². The van der Waals surface area contributed by atoms with Crippen molar-refractivity contribution in [2.24, 2.45) is 5.73 Å². The van der Waals surface area contributed by atoms with Gasteiger partial charge < -0.3 is 10.5 Å². The molecule has 1 aromatic rings. The van der Waals surface area contributed by atoms with Gasteiger partial charge in [-0.05, 0) is 40.9 Å². The van der Waals surface area contributed by atoms with Crippen LogP contribution in [0.3, 0.4) is 0 Å². The molecule has 0 spiro atoms. The number of carbonyl (C=O) groups excluding carboxylic acids is 1. The average molecular weight is 339 g/mol. The van der Waals surface area contributed by atoms with Crippen molar-refractivity contribution in [2.45, 2.75) is 25.3 Å². The monoisotopic (exact) mass is 337 g/mol. The van der Waals surface area contributed by atoms with Crippen LogP contribution in [0.25, 0.3) is 0 Å². The Morgan fingerprint density at radius 1 is 1.61 bits per heavy atom. The molecule has 0 amide bonds. The molecule has 0 aromatic heterocycles. The molecule has 1 unspecified atom stereocenters. The van der Waals surface area contributed by atoms with Crippen LogP contribution in [0.1, 0.15) is 30.9 Å². The molecule has 2 N–H and O–H groups in total. The van der Waals surface area contributed by atoms with Crippen molar-refractivity contribution in [2.75, 3.05) is 7.11 Å². The van der Waals surface area contributed by atoms with Gasteiger partial charge in [0, 0.05) is 22.5 Å². The number of halogens is 3. The lowest BCUT2D eigenvalue weighted by atomic mass is 10.0. The molecule has 100 valence electrons. The minimum Gasteiger partial charge on any atom is -0.469 e. The number of hydrogen-bond donors (Lipinski definition) is 1. The first-order chi connectivity index (χ1) is 8.45. The lowest BCUT2D eigenvalue weighted by Crippen LogP contribution is -2.13. The van der Waals surface area contributed by atoms with Crippen molar-refractivity contribution in [1.29, 1.82) is 0 Å². The first-order valence-corrected chi connectivity index (χ1v) is 6.59. The SMILES string of the molecule is COC(=O)CCCC(N)c1cc(Cl)c(Br)cc1F. The zero-order valence-electron chi connectivity index (χ0n) is 9.88. The quantitative estimate of drug-likeness (QED) is 0.659. The number of benzene rings is 1. The van der Waals surface area contributed by atoms with Crippen LogP contribution in [0.5, 0.6) is 0 Å². The highest BCUT2D eigenvalue weighted by Crippen LogP contribution is 2.29. The molecule has 18 heavy (non-hydrogen) atoms. The van der Waals surface area contributed by atoms with Crippen LogP contribution in [0.4, 0.5) is 4.39 Å². The van der Waals surface area contributed by atoms with Crippen LogP contribution in [0.2, 0.25) is 5.02 Å². The molecule has 0 aliphatic heterocycles. The second-order valence-corrected chi connectivity index (χ2v) is 5.12. The molecule has 0 saturated heterocycles. The van der Waals surface area contributed by atoms with Crippen molar-refractivity contribution in [3.63, 3.8) is 0 Å². The molecule has 0 aliphatic carbocycles. The van der Waals surface area contributed by atoms with Gasteiger partial charge in [0.15, 0.2) is 0 Å². The van der Waals surface area contributed by atoms with Crippen molar-refractivity contribution in [3.8, 4) is 0 Å². The summed E-state index contributed by atoms with van der Waals surface area (Å²) >= 11 is 9.03. The van der Waals surface area contributed by atoms with E-state index in [9.17, 15) is 9.18 Å². The Bertz CT molecular complexity index is 442. The van der Waals surface area contributed by atoms with Crippen molar-refractivity contribution >= 4 is 33.5 Å². The van der Waals surface area contributed by atoms with Crippen LogP contribution in [0, 0.1) is 5.82 Å². The van der Waals surface area contributed by atoms with Crippen LogP contribution >= 0.6 is 27.5 Å². The van der Waals surface area contributed by atoms with Gasteiger partial charge in [-0.15, -0.1) is 0 Å². The molecule has 0 radical (unpaired) electrons. The Balaban J connectivity index is 2.64. The van der Waals surface area contributed by atoms with Gasteiger partial charge in [0.25, 0.3) is 0 Å². The van der Waals surface area contributed by atoms with Gasteiger partial charge in [0.2, 0.25) is 0 Å². The summed E-state index contributed by atoms with van der Waals surface area (Å²) in [5, 5.41) is 0.412. The van der Waals surface area contributed by atoms with E-state index in [0.29, 0.717) is 27.9 Å². The summed E-state index contributed by atoms with van der Waals surface area (Å²) in [4.78, 5) is 10.9. The molecule has 0 bridgehead atoms. The third-order valence-corrected chi connectivity index (χ3v) is 3.76. The average Bonchev–Trinajstić information content (AvgIpc) is 2.33. The largest absolute Gasteiger partial charge is 0.469 e. The molecular weight excluding hydrogens is 324 g/mol. The Hall–Kier alpha value is -0.650. The van der Waals surface area contributed by atoms with Crippen molar-refractivity contribution in [3.05, 3.63) is 33.0 Å². The third-order valence-electron chi connectivity index (χ3n) is 2.56. The predicted molar refractivity (Wildman–Crippen MR) is 71.9 cm³/mol. The highest BCUT2D eigenvalue weighted by Gasteiger charge is 2.14. The topological polar surface area (TPSA) is 52.3 Å². The van der Waals surface area contributed by atoms with Crippen LogP contribution in [-0.2, 0) is 9.53 Å². The van der Waals surface area contributed by atoms with Gasteiger partial charge in [-0.25, -0.2) is 4.39 Å². The zero-order valence-corrected chi connectivity index (χ0v) is 12.2. The van der Waals surface area contributed by atoms with E-state index in [1.165, 1.54) is 19.2 Å². The lowest BCUT2D eigenvalue weighted by Gasteiger charge is -2.13. The minimum atomic E-state index is -0.486. The Kier molecular flexibility index (Phi) is 6.05. The Morgan fingerprint density at radius 2 is 2.28 bits per heavy atom. The summed E-state index contributed by atoms with van der Waals surface area (Å²) in [5.74, 6) is -0.701. The van der Waals surface area contributed by atoms with Gasteiger partial charge in [-0.1, -0.05) is 11.6 Å². The van der Waals surface area contributed by atoms with Gasteiger partial charge in [-0.3, -0.25) is 4.79 Å². The second-order valence-electron chi connectivity index (χ2n) is 3.86. The van der Waals surface area contributed by atoms with E-state index in [4.69, 9.17) is 17.3 Å². The minimum absolute atomic E-state index is 0.274. The Morgan fingerprint density at radius 3 is 2.89 bits per heavy atom. The highest BCUT2D eigenvalue weighted by atomic mass is 79.9. The zero-order chi connectivity index (χ0) is 13.7. The third kappa shape index (κ3) is 4.23. The second kappa shape index (κ2) is 7.07. The van der Waals surface area contributed by atoms with Crippen molar-refractivity contribution in [1.82, 2.24) is 0 Å². The van der Waals surface area contributed by atoms with E-state index in [1.807, 2.05) is 0 Å². The van der Waals surface area contributed by atoms with Gasteiger partial charge in [0.1, 0.15) is 5.82 Å². The fraction of sp³-hybridized carbons (Fsp3) is 0.417. The fourth-order valence-electron chi connectivity index (χ4n) is 1.55. The number of rotatable bonds is 5. The normalized spacial score (nSPS) is 12.3. The molecule has 6 heteroatoms. The summed E-state index contributed by atoms with van der Waals surface area (Å²) in [6, 6.07) is 2.31. The van der Waals surface area contributed by atoms with E-state index >= 15 is 0 Å². The van der Waals surface area contributed by atoms with E-state index in [1.54, 1.807) is 0 Å². The molecule has 0 saturated carbocycles. The summed E-state index contributed by atoms with van der Waals surface area (Å²) < 4.78 is 18.7. The van der Waals surface area contributed by atoms with Crippen LogP contribution in [-0.4, -0.2) is 13.1 Å². The number of ether oxygens (including phenoxy) is 1. The van der Waals surface area contributed by atoms with Gasteiger partial charge >= 0.3 is 5.97 Å². The number of methoxy groups -OCH3 is 1. The summed E-state index contributed by atoms with van der Waals surface area (Å²) in [6.07, 6.45) is 1.31. The van der Waals surface area contributed by atoms with Crippen LogP contribution in [0.15, 0.2) is 16.6 Å². The highest BCUT2D eigenvalue weighted by molar-refractivity contribution is 9.10. The molecule has 1 atom stereocenters. The van der Waals surface area contributed by atoms with E-state index in [-0.39, 0.29) is 12.4 Å². The molecular formula is C12H14BrClFNO2. The van der Waals surface area contributed by atoms with Crippen molar-refractivity contribution < 1.29 is 13.9 Å². The van der Waals surface area contributed by atoms with E-state index in [0.717, 1.165) is 0 Å². The number of nitrogens with two attached hydrogens (primary N) is 1. The number of hydrogen-bond acceptors (Lipinski definition) is 3. The molecule has 1 rings (SSSR count). The number of esters is 1. The fourth-order valence-corrected chi connectivity index (χ4v) is 2.03.